The van der Waals surface area contributed by atoms with Crippen LogP contribution in [-0.2, 0) is 11.3 Å². The number of carbonyl (C=O) groups excluding carboxylic acids is 1. The van der Waals surface area contributed by atoms with E-state index in [0.717, 1.165) is 16.2 Å². The number of hydrogen-bond donors (Lipinski definition) is 1. The molecule has 1 aromatic carbocycles. The summed E-state index contributed by atoms with van der Waals surface area (Å²) in [5, 5.41) is 9.45. The van der Waals surface area contributed by atoms with Crippen LogP contribution in [0.15, 0.2) is 60.4 Å². The highest BCUT2D eigenvalue weighted by Gasteiger charge is 2.09. The number of imidazole rings is 1. The molecule has 26 heavy (non-hydrogen) atoms. The average molecular weight is 384 g/mol. The Morgan fingerprint density at radius 3 is 3.00 bits per heavy atom. The first-order valence-electron chi connectivity index (χ1n) is 7.86. The smallest absolute Gasteiger partial charge is 0.244 e. The minimum absolute atomic E-state index is 0.210. The van der Waals surface area contributed by atoms with E-state index in [1.54, 1.807) is 17.0 Å². The van der Waals surface area contributed by atoms with Gasteiger partial charge in [-0.2, -0.15) is 5.10 Å². The van der Waals surface area contributed by atoms with E-state index in [-0.39, 0.29) is 5.91 Å². The summed E-state index contributed by atoms with van der Waals surface area (Å²) in [6.07, 6.45) is 8.61. The van der Waals surface area contributed by atoms with Crippen molar-refractivity contribution < 1.29 is 4.79 Å². The van der Waals surface area contributed by atoms with E-state index in [1.807, 2.05) is 52.5 Å². The van der Waals surface area contributed by atoms with E-state index in [4.69, 9.17) is 11.6 Å². The minimum atomic E-state index is -0.210. The largest absolute Gasteiger partial charge is 0.348 e. The highest BCUT2D eigenvalue weighted by molar-refractivity contribution is 7.15. The summed E-state index contributed by atoms with van der Waals surface area (Å²) in [5.74, 6) is -0.210. The number of nitrogens with zero attached hydrogens (tertiary/aromatic N) is 4. The van der Waals surface area contributed by atoms with Crippen LogP contribution in [0.5, 0.6) is 0 Å². The third-order valence-electron chi connectivity index (χ3n) is 3.77. The fourth-order valence-electron chi connectivity index (χ4n) is 2.50. The summed E-state index contributed by atoms with van der Waals surface area (Å²) in [6.45, 7) is 0.393. The van der Waals surface area contributed by atoms with E-state index in [0.29, 0.717) is 17.4 Å². The molecule has 4 rings (SSSR count). The predicted molar refractivity (Wildman–Crippen MR) is 103 cm³/mol. The first-order valence-corrected chi connectivity index (χ1v) is 9.12. The molecule has 1 N–H and O–H groups in total. The summed E-state index contributed by atoms with van der Waals surface area (Å²) >= 11 is 7.60. The van der Waals surface area contributed by atoms with Crippen molar-refractivity contribution in [3.63, 3.8) is 0 Å². The topological polar surface area (TPSA) is 64.2 Å². The quantitative estimate of drug-likeness (QED) is 0.536. The molecule has 0 unspecified atom stereocenters. The highest BCUT2D eigenvalue weighted by atomic mass is 35.5. The second-order valence-electron chi connectivity index (χ2n) is 5.52. The van der Waals surface area contributed by atoms with Gasteiger partial charge in [0.15, 0.2) is 10.1 Å². The van der Waals surface area contributed by atoms with Crippen molar-refractivity contribution in [2.24, 2.45) is 0 Å². The lowest BCUT2D eigenvalue weighted by atomic mass is 10.3. The van der Waals surface area contributed by atoms with Crippen molar-refractivity contribution in [2.75, 3.05) is 0 Å². The first kappa shape index (κ1) is 16.6. The standard InChI is InChI=1S/C18H14ClN5OS/c19-17-15(23-8-9-26-18(23)22-17)6-7-16(25)20-10-13-11-21-24(12-13)14-4-2-1-3-5-14/h1-9,11-12H,10H2,(H,20,25)/b7-6+. The Morgan fingerprint density at radius 1 is 1.31 bits per heavy atom. The molecule has 8 heteroatoms. The molecule has 0 spiro atoms. The average Bonchev–Trinajstić information content (AvgIpc) is 3.36. The normalized spacial score (nSPS) is 11.4. The van der Waals surface area contributed by atoms with E-state index < -0.39 is 0 Å². The molecule has 130 valence electrons. The van der Waals surface area contributed by atoms with Gasteiger partial charge in [0.1, 0.15) is 0 Å². The molecule has 4 aromatic rings. The number of aromatic nitrogens is 4. The third-order valence-corrected chi connectivity index (χ3v) is 4.81. The number of carbonyl (C=O) groups is 1. The van der Waals surface area contributed by atoms with E-state index in [2.05, 4.69) is 15.4 Å². The number of fused-ring (bicyclic) bond motifs is 1. The molecule has 0 aliphatic rings. The maximum Gasteiger partial charge on any atom is 0.244 e. The maximum atomic E-state index is 12.1. The molecule has 3 heterocycles. The number of hydrogen-bond acceptors (Lipinski definition) is 4. The Morgan fingerprint density at radius 2 is 2.15 bits per heavy atom. The van der Waals surface area contributed by atoms with Gasteiger partial charge in [-0.25, -0.2) is 9.67 Å². The molecule has 6 nitrogen and oxygen atoms in total. The Hall–Kier alpha value is -2.90. The Kier molecular flexibility index (Phi) is 4.55. The lowest BCUT2D eigenvalue weighted by Gasteiger charge is -2.00. The number of nitrogens with one attached hydrogen (secondary N) is 1. The summed E-state index contributed by atoms with van der Waals surface area (Å²) in [4.78, 5) is 17.1. The number of benzene rings is 1. The van der Waals surface area contributed by atoms with Gasteiger partial charge in [0.25, 0.3) is 0 Å². The molecular formula is C18H14ClN5OS. The van der Waals surface area contributed by atoms with Crippen LogP contribution in [0.25, 0.3) is 16.7 Å². The molecule has 0 aliphatic carbocycles. The Bertz CT molecular complexity index is 1080. The van der Waals surface area contributed by atoms with Gasteiger partial charge >= 0.3 is 0 Å². The van der Waals surface area contributed by atoms with Crippen LogP contribution in [0, 0.1) is 0 Å². The molecule has 0 atom stereocenters. The Balaban J connectivity index is 1.39. The Labute approximate surface area is 158 Å². The van der Waals surface area contributed by atoms with E-state index in [1.165, 1.54) is 17.4 Å². The van der Waals surface area contributed by atoms with Crippen molar-refractivity contribution in [3.05, 3.63) is 76.8 Å². The number of thiazole rings is 1. The van der Waals surface area contributed by atoms with E-state index >= 15 is 0 Å². The first-order chi connectivity index (χ1) is 12.7. The van der Waals surface area contributed by atoms with Crippen LogP contribution >= 0.6 is 22.9 Å². The van der Waals surface area contributed by atoms with Crippen LogP contribution in [-0.4, -0.2) is 25.1 Å². The number of para-hydroxylation sites is 1. The third kappa shape index (κ3) is 3.40. The SMILES string of the molecule is O=C(/C=C/c1c(Cl)nc2sccn12)NCc1cnn(-c2ccccc2)c1. The second-order valence-corrected chi connectivity index (χ2v) is 6.75. The van der Waals surface area contributed by atoms with Crippen LogP contribution in [0.1, 0.15) is 11.3 Å². The lowest BCUT2D eigenvalue weighted by molar-refractivity contribution is -0.116. The van der Waals surface area contributed by atoms with Crippen molar-refractivity contribution in [1.29, 1.82) is 0 Å². The molecular weight excluding hydrogens is 370 g/mol. The fourth-order valence-corrected chi connectivity index (χ4v) is 3.51. The summed E-state index contributed by atoms with van der Waals surface area (Å²) in [7, 11) is 0. The van der Waals surface area contributed by atoms with Gasteiger partial charge in [-0.3, -0.25) is 9.20 Å². The van der Waals surface area contributed by atoms with Crippen molar-refractivity contribution >= 4 is 39.9 Å². The number of amides is 1. The van der Waals surface area contributed by atoms with Gasteiger partial charge in [0, 0.05) is 36.0 Å². The monoisotopic (exact) mass is 383 g/mol. The molecule has 1 amide bonds. The van der Waals surface area contributed by atoms with Crippen molar-refractivity contribution in [3.8, 4) is 5.69 Å². The fraction of sp³-hybridized carbons (Fsp3) is 0.0556. The zero-order valence-corrected chi connectivity index (χ0v) is 15.1. The highest BCUT2D eigenvalue weighted by Crippen LogP contribution is 2.22. The number of halogens is 1. The minimum Gasteiger partial charge on any atom is -0.348 e. The molecule has 0 bridgehead atoms. The lowest BCUT2D eigenvalue weighted by Crippen LogP contribution is -2.19. The maximum absolute atomic E-state index is 12.1. The molecule has 3 aromatic heterocycles. The molecule has 0 fully saturated rings. The zero-order chi connectivity index (χ0) is 17.9. The molecule has 0 aliphatic heterocycles. The van der Waals surface area contributed by atoms with Crippen LogP contribution in [0.4, 0.5) is 0 Å². The van der Waals surface area contributed by atoms with Crippen LogP contribution < -0.4 is 5.32 Å². The molecule has 0 radical (unpaired) electrons. The van der Waals surface area contributed by atoms with Gasteiger partial charge in [0.05, 0.1) is 17.6 Å². The molecule has 0 saturated heterocycles. The van der Waals surface area contributed by atoms with E-state index in [9.17, 15) is 4.79 Å². The summed E-state index contributed by atoms with van der Waals surface area (Å²) in [6, 6.07) is 9.80. The van der Waals surface area contributed by atoms with Crippen LogP contribution in [0.2, 0.25) is 5.15 Å². The predicted octanol–water partition coefficient (Wildman–Crippen LogP) is 3.56. The van der Waals surface area contributed by atoms with Crippen molar-refractivity contribution in [1.82, 2.24) is 24.5 Å². The van der Waals surface area contributed by atoms with Gasteiger partial charge < -0.3 is 5.32 Å². The van der Waals surface area contributed by atoms with Gasteiger partial charge in [-0.05, 0) is 18.2 Å². The summed E-state index contributed by atoms with van der Waals surface area (Å²) in [5.41, 5.74) is 2.58. The second kappa shape index (κ2) is 7.15. The van der Waals surface area contributed by atoms with Crippen molar-refractivity contribution in [2.45, 2.75) is 6.54 Å². The van der Waals surface area contributed by atoms with Gasteiger partial charge in [-0.15, -0.1) is 11.3 Å². The molecule has 0 saturated carbocycles. The van der Waals surface area contributed by atoms with Crippen LogP contribution in [0.3, 0.4) is 0 Å². The van der Waals surface area contributed by atoms with Gasteiger partial charge in [-0.1, -0.05) is 29.8 Å². The summed E-state index contributed by atoms with van der Waals surface area (Å²) < 4.78 is 3.62. The zero-order valence-electron chi connectivity index (χ0n) is 13.5. The number of rotatable bonds is 5. The van der Waals surface area contributed by atoms with Gasteiger partial charge in [0.2, 0.25) is 5.91 Å².